The van der Waals surface area contributed by atoms with Gasteiger partial charge in [-0.2, -0.15) is 0 Å². The molecule has 0 N–H and O–H groups in total. The summed E-state index contributed by atoms with van der Waals surface area (Å²) in [7, 11) is 0. The van der Waals surface area contributed by atoms with Crippen molar-refractivity contribution < 1.29 is 14.5 Å². The van der Waals surface area contributed by atoms with Gasteiger partial charge in [-0.15, -0.1) is 0 Å². The van der Waals surface area contributed by atoms with Crippen LogP contribution in [-0.2, 0) is 17.8 Å². The van der Waals surface area contributed by atoms with Crippen molar-refractivity contribution in [2.45, 2.75) is 31.9 Å². The molecule has 2 aromatic rings. The number of nitro groups is 1. The van der Waals surface area contributed by atoms with E-state index in [2.05, 4.69) is 9.88 Å². The van der Waals surface area contributed by atoms with Crippen LogP contribution in [0.2, 0.25) is 5.02 Å². The van der Waals surface area contributed by atoms with E-state index in [4.69, 9.17) is 16.3 Å². The van der Waals surface area contributed by atoms with Crippen molar-refractivity contribution in [3.8, 4) is 6.01 Å². The second-order valence-corrected chi connectivity index (χ2v) is 8.54. The third-order valence-corrected chi connectivity index (χ3v) is 5.83. The van der Waals surface area contributed by atoms with Crippen LogP contribution >= 0.6 is 11.6 Å². The van der Waals surface area contributed by atoms with E-state index in [9.17, 15) is 14.9 Å². The minimum atomic E-state index is -0.519. The Hall–Kier alpha value is -2.65. The molecule has 1 fully saturated rings. The molecule has 0 aliphatic carbocycles. The van der Waals surface area contributed by atoms with Crippen LogP contribution in [0.5, 0.6) is 6.01 Å². The zero-order valence-corrected chi connectivity index (χ0v) is 17.5. The molecule has 1 atom stereocenters. The minimum absolute atomic E-state index is 0.167. The van der Waals surface area contributed by atoms with Gasteiger partial charge in [-0.25, -0.2) is 0 Å². The molecular formula is C20H24ClN5O4. The molecule has 1 saturated heterocycles. The van der Waals surface area contributed by atoms with Gasteiger partial charge >= 0.3 is 11.8 Å². The largest absolute Gasteiger partial charge is 0.436 e. The molecule has 10 heteroatoms. The van der Waals surface area contributed by atoms with Crippen LogP contribution in [0.15, 0.2) is 30.5 Å². The predicted molar refractivity (Wildman–Crippen MR) is 111 cm³/mol. The van der Waals surface area contributed by atoms with E-state index < -0.39 is 10.5 Å². The van der Waals surface area contributed by atoms with E-state index in [-0.39, 0.29) is 11.7 Å². The Balaban J connectivity index is 1.23. The minimum Gasteiger partial charge on any atom is -0.436 e. The summed E-state index contributed by atoms with van der Waals surface area (Å²) < 4.78 is 7.60. The molecule has 9 nitrogen and oxygen atoms in total. The Labute approximate surface area is 179 Å². The maximum atomic E-state index is 12.5. The Bertz CT molecular complexity index is 914. The monoisotopic (exact) mass is 433 g/mol. The van der Waals surface area contributed by atoms with Crippen LogP contribution in [0.3, 0.4) is 0 Å². The topological polar surface area (TPSA) is 93.7 Å². The van der Waals surface area contributed by atoms with Gasteiger partial charge in [0, 0.05) is 49.2 Å². The number of benzene rings is 1. The highest BCUT2D eigenvalue weighted by molar-refractivity contribution is 6.30. The molecule has 4 rings (SSSR count). The van der Waals surface area contributed by atoms with Gasteiger partial charge in [0.05, 0.1) is 6.54 Å². The Morgan fingerprint density at radius 1 is 1.27 bits per heavy atom. The number of nitrogens with zero attached hydrogens (tertiary/aromatic N) is 5. The van der Waals surface area contributed by atoms with Crippen LogP contribution in [0, 0.1) is 10.1 Å². The van der Waals surface area contributed by atoms with Crippen molar-refractivity contribution in [3.63, 3.8) is 0 Å². The van der Waals surface area contributed by atoms with Gasteiger partial charge in [-0.05, 0) is 36.0 Å². The molecule has 30 heavy (non-hydrogen) atoms. The number of carbonyl (C=O) groups is 1. The number of fused-ring (bicyclic) bond motifs is 1. The standard InChI is InChI=1S/C20H24ClN5O4/c1-20(14-25-12-17(26(28)29)22-19(25)30-20)13-23-8-10-24(11-9-23)18(27)7-4-15-2-5-16(21)6-3-15/h2-3,5-6,12H,4,7-11,13-14H2,1H3. The van der Waals surface area contributed by atoms with Crippen molar-refractivity contribution in [2.24, 2.45) is 0 Å². The summed E-state index contributed by atoms with van der Waals surface area (Å²) in [4.78, 5) is 31.0. The average Bonchev–Trinajstić information content (AvgIpc) is 3.23. The molecular weight excluding hydrogens is 410 g/mol. The Morgan fingerprint density at radius 2 is 1.97 bits per heavy atom. The van der Waals surface area contributed by atoms with Crippen molar-refractivity contribution in [1.82, 2.24) is 19.4 Å². The van der Waals surface area contributed by atoms with Gasteiger partial charge in [-0.1, -0.05) is 23.7 Å². The molecule has 1 unspecified atom stereocenters. The molecule has 1 aromatic heterocycles. The maximum Gasteiger partial charge on any atom is 0.415 e. The Kier molecular flexibility index (Phi) is 5.66. The van der Waals surface area contributed by atoms with Gasteiger partial charge in [-0.3, -0.25) is 14.3 Å². The first kappa shape index (κ1) is 20.6. The Morgan fingerprint density at radius 3 is 2.60 bits per heavy atom. The summed E-state index contributed by atoms with van der Waals surface area (Å²) in [5.41, 5.74) is 0.619. The van der Waals surface area contributed by atoms with Crippen LogP contribution < -0.4 is 4.74 Å². The van der Waals surface area contributed by atoms with Crippen LogP contribution in [0.4, 0.5) is 5.82 Å². The molecule has 0 spiro atoms. The first-order chi connectivity index (χ1) is 14.3. The number of carbonyl (C=O) groups excluding carboxylic acids is 1. The second-order valence-electron chi connectivity index (χ2n) is 8.10. The summed E-state index contributed by atoms with van der Waals surface area (Å²) >= 11 is 5.90. The third-order valence-electron chi connectivity index (χ3n) is 5.58. The van der Waals surface area contributed by atoms with Gasteiger partial charge < -0.3 is 19.8 Å². The SMILES string of the molecule is CC1(CN2CCN(C(=O)CCc3ccc(Cl)cc3)CC2)Cn2cc([N+](=O)[O-])nc2O1. The van der Waals surface area contributed by atoms with Crippen molar-refractivity contribution in [1.29, 1.82) is 0 Å². The fourth-order valence-electron chi connectivity index (χ4n) is 4.05. The smallest absolute Gasteiger partial charge is 0.415 e. The maximum absolute atomic E-state index is 12.5. The lowest BCUT2D eigenvalue weighted by Crippen LogP contribution is -2.53. The fourth-order valence-corrected chi connectivity index (χ4v) is 4.18. The molecule has 1 aromatic carbocycles. The van der Waals surface area contributed by atoms with Gasteiger partial charge in [0.25, 0.3) is 0 Å². The molecule has 0 saturated carbocycles. The molecule has 2 aliphatic heterocycles. The zero-order chi connectivity index (χ0) is 21.3. The number of aromatic nitrogens is 2. The number of rotatable bonds is 6. The molecule has 3 heterocycles. The summed E-state index contributed by atoms with van der Waals surface area (Å²) in [6.45, 7) is 6.09. The number of ether oxygens (including phenoxy) is 1. The number of halogens is 1. The summed E-state index contributed by atoms with van der Waals surface area (Å²) in [5.74, 6) is -0.0295. The lowest BCUT2D eigenvalue weighted by Gasteiger charge is -2.38. The van der Waals surface area contributed by atoms with E-state index >= 15 is 0 Å². The zero-order valence-electron chi connectivity index (χ0n) is 16.8. The predicted octanol–water partition coefficient (Wildman–Crippen LogP) is 2.37. The highest BCUT2D eigenvalue weighted by atomic mass is 35.5. The van der Waals surface area contributed by atoms with E-state index in [0.717, 1.165) is 18.7 Å². The fraction of sp³-hybridized carbons (Fsp3) is 0.500. The van der Waals surface area contributed by atoms with Crippen molar-refractivity contribution in [2.75, 3.05) is 32.7 Å². The van der Waals surface area contributed by atoms with Crippen molar-refractivity contribution >= 4 is 23.3 Å². The normalized spacial score (nSPS) is 21.3. The highest BCUT2D eigenvalue weighted by Gasteiger charge is 2.41. The summed E-state index contributed by atoms with van der Waals surface area (Å²) in [6, 6.07) is 7.89. The number of piperazine rings is 1. The van der Waals surface area contributed by atoms with E-state index in [1.807, 2.05) is 36.1 Å². The molecule has 2 aliphatic rings. The number of imidazole rings is 1. The van der Waals surface area contributed by atoms with Gasteiger partial charge in [0.15, 0.2) is 0 Å². The second kappa shape index (κ2) is 8.23. The first-order valence-corrected chi connectivity index (χ1v) is 10.3. The van der Waals surface area contributed by atoms with Crippen molar-refractivity contribution in [3.05, 3.63) is 51.2 Å². The molecule has 160 valence electrons. The molecule has 1 amide bonds. The van der Waals surface area contributed by atoms with Gasteiger partial charge in [0.1, 0.15) is 11.8 Å². The molecule has 0 bridgehead atoms. The van der Waals surface area contributed by atoms with Crippen LogP contribution in [0.1, 0.15) is 18.9 Å². The van der Waals surface area contributed by atoms with E-state index in [0.29, 0.717) is 50.1 Å². The number of hydrogen-bond acceptors (Lipinski definition) is 6. The summed E-state index contributed by atoms with van der Waals surface area (Å²) in [5, 5.41) is 11.5. The third kappa shape index (κ3) is 4.57. The quantitative estimate of drug-likeness (QED) is 0.513. The van der Waals surface area contributed by atoms with Crippen LogP contribution in [0.25, 0.3) is 0 Å². The lowest BCUT2D eigenvalue weighted by atomic mass is 10.1. The average molecular weight is 434 g/mol. The number of aryl methyl sites for hydroxylation is 1. The summed E-state index contributed by atoms with van der Waals surface area (Å²) in [6.07, 6.45) is 2.61. The number of hydrogen-bond donors (Lipinski definition) is 0. The van der Waals surface area contributed by atoms with Crippen LogP contribution in [-0.4, -0.2) is 68.5 Å². The van der Waals surface area contributed by atoms with E-state index in [1.54, 1.807) is 4.57 Å². The number of amides is 1. The van der Waals surface area contributed by atoms with E-state index in [1.165, 1.54) is 6.20 Å². The lowest BCUT2D eigenvalue weighted by molar-refractivity contribution is -0.389. The van der Waals surface area contributed by atoms with Gasteiger partial charge in [0.2, 0.25) is 5.91 Å². The first-order valence-electron chi connectivity index (χ1n) is 9.96. The highest BCUT2D eigenvalue weighted by Crippen LogP contribution is 2.31. The molecule has 0 radical (unpaired) electrons.